The van der Waals surface area contributed by atoms with Gasteiger partial charge in [0.1, 0.15) is 17.5 Å². The predicted octanol–water partition coefficient (Wildman–Crippen LogP) is 3.87. The van der Waals surface area contributed by atoms with E-state index in [4.69, 9.17) is 4.98 Å². The monoisotopic (exact) mass is 302 g/mol. The van der Waals surface area contributed by atoms with E-state index in [1.54, 1.807) is 11.3 Å². The van der Waals surface area contributed by atoms with Gasteiger partial charge in [-0.2, -0.15) is 0 Å². The summed E-state index contributed by atoms with van der Waals surface area (Å²) in [5.41, 5.74) is 0. The molecule has 0 atom stereocenters. The van der Waals surface area contributed by atoms with Crippen LogP contribution in [0.3, 0.4) is 0 Å². The van der Waals surface area contributed by atoms with E-state index in [9.17, 15) is 0 Å². The Kier molecular flexibility index (Phi) is 4.39. The molecule has 0 saturated heterocycles. The Morgan fingerprint density at radius 3 is 2.90 bits per heavy atom. The van der Waals surface area contributed by atoms with E-state index in [1.807, 2.05) is 0 Å². The van der Waals surface area contributed by atoms with Crippen LogP contribution in [-0.4, -0.2) is 23.6 Å². The summed E-state index contributed by atoms with van der Waals surface area (Å²) in [5, 5.41) is 5.51. The van der Waals surface area contributed by atoms with Crippen molar-refractivity contribution < 1.29 is 0 Å². The highest BCUT2D eigenvalue weighted by atomic mass is 32.1. The van der Waals surface area contributed by atoms with Crippen LogP contribution in [0.4, 0.5) is 11.6 Å². The molecule has 1 fully saturated rings. The number of thiophene rings is 1. The molecule has 2 heterocycles. The predicted molar refractivity (Wildman–Crippen MR) is 89.2 cm³/mol. The van der Waals surface area contributed by atoms with Crippen LogP contribution < -0.4 is 10.2 Å². The van der Waals surface area contributed by atoms with Gasteiger partial charge in [0.2, 0.25) is 0 Å². The van der Waals surface area contributed by atoms with Gasteiger partial charge in [0.05, 0.1) is 6.54 Å². The standard InChI is InChI=1S/C16H22N4S/c1-3-8-17-14-10-15(19-16(18-14)12-6-7-12)20(2)11-13-5-4-9-21-13/h4-5,9-10,12H,3,6-8,11H2,1-2H3,(H,17,18,19). The van der Waals surface area contributed by atoms with Gasteiger partial charge >= 0.3 is 0 Å². The number of anilines is 2. The zero-order valence-corrected chi connectivity index (χ0v) is 13.5. The lowest BCUT2D eigenvalue weighted by Gasteiger charge is -2.19. The fraction of sp³-hybridized carbons (Fsp3) is 0.500. The number of hydrogen-bond donors (Lipinski definition) is 1. The Morgan fingerprint density at radius 1 is 1.38 bits per heavy atom. The first-order valence-corrected chi connectivity index (χ1v) is 8.50. The van der Waals surface area contributed by atoms with Gasteiger partial charge in [0, 0.05) is 30.5 Å². The van der Waals surface area contributed by atoms with Crippen LogP contribution in [0.2, 0.25) is 0 Å². The van der Waals surface area contributed by atoms with Gasteiger partial charge in [-0.3, -0.25) is 0 Å². The van der Waals surface area contributed by atoms with Gasteiger partial charge in [-0.1, -0.05) is 13.0 Å². The van der Waals surface area contributed by atoms with E-state index in [-0.39, 0.29) is 0 Å². The molecule has 1 saturated carbocycles. The molecule has 0 radical (unpaired) electrons. The molecule has 0 aliphatic heterocycles. The van der Waals surface area contributed by atoms with Gasteiger partial charge in [-0.25, -0.2) is 9.97 Å². The van der Waals surface area contributed by atoms with Crippen molar-refractivity contribution in [1.29, 1.82) is 0 Å². The second-order valence-electron chi connectivity index (χ2n) is 5.61. The molecule has 5 heteroatoms. The maximum atomic E-state index is 4.76. The van der Waals surface area contributed by atoms with E-state index < -0.39 is 0 Å². The molecule has 1 aliphatic carbocycles. The minimum atomic E-state index is 0.572. The molecule has 0 aromatic carbocycles. The minimum absolute atomic E-state index is 0.572. The van der Waals surface area contributed by atoms with Crippen LogP contribution in [0, 0.1) is 0 Å². The van der Waals surface area contributed by atoms with E-state index >= 15 is 0 Å². The Labute approximate surface area is 130 Å². The molecule has 3 rings (SSSR count). The quantitative estimate of drug-likeness (QED) is 0.843. The Balaban J connectivity index is 1.80. The summed E-state index contributed by atoms with van der Waals surface area (Å²) in [4.78, 5) is 13.0. The Bertz CT molecular complexity index is 578. The molecule has 1 N–H and O–H groups in total. The van der Waals surface area contributed by atoms with E-state index in [1.165, 1.54) is 17.7 Å². The zero-order valence-electron chi connectivity index (χ0n) is 12.7. The van der Waals surface area contributed by atoms with Gasteiger partial charge in [-0.15, -0.1) is 11.3 Å². The summed E-state index contributed by atoms with van der Waals surface area (Å²) in [7, 11) is 2.10. The Hall–Kier alpha value is -1.62. The van der Waals surface area contributed by atoms with Crippen LogP contribution in [0.5, 0.6) is 0 Å². The smallest absolute Gasteiger partial charge is 0.136 e. The lowest BCUT2D eigenvalue weighted by atomic mass is 10.3. The molecular formula is C16H22N4S. The normalized spacial score (nSPS) is 14.2. The summed E-state index contributed by atoms with van der Waals surface area (Å²) < 4.78 is 0. The van der Waals surface area contributed by atoms with Crippen molar-refractivity contribution in [3.63, 3.8) is 0 Å². The zero-order chi connectivity index (χ0) is 14.7. The van der Waals surface area contributed by atoms with Crippen LogP contribution >= 0.6 is 11.3 Å². The highest BCUT2D eigenvalue weighted by Crippen LogP contribution is 2.39. The molecule has 0 unspecified atom stereocenters. The van der Waals surface area contributed by atoms with Crippen LogP contribution in [-0.2, 0) is 6.54 Å². The van der Waals surface area contributed by atoms with Crippen LogP contribution in [0.1, 0.15) is 42.8 Å². The van der Waals surface area contributed by atoms with E-state index in [0.29, 0.717) is 5.92 Å². The SMILES string of the molecule is CCCNc1cc(N(C)Cc2cccs2)nc(C2CC2)n1. The molecule has 0 amide bonds. The average Bonchev–Trinajstić information content (AvgIpc) is 3.23. The van der Waals surface area contributed by atoms with Crippen molar-refractivity contribution >= 4 is 23.0 Å². The fourth-order valence-electron chi connectivity index (χ4n) is 2.23. The molecule has 2 aromatic rings. The number of nitrogens with zero attached hydrogens (tertiary/aromatic N) is 3. The Morgan fingerprint density at radius 2 is 2.24 bits per heavy atom. The lowest BCUT2D eigenvalue weighted by Crippen LogP contribution is -2.18. The number of nitrogens with one attached hydrogen (secondary N) is 1. The third-order valence-electron chi connectivity index (χ3n) is 3.59. The van der Waals surface area contributed by atoms with E-state index in [0.717, 1.165) is 37.0 Å². The van der Waals surface area contributed by atoms with Gasteiger partial charge in [-0.05, 0) is 30.7 Å². The number of rotatable bonds is 7. The molecule has 0 spiro atoms. The molecular weight excluding hydrogens is 280 g/mol. The first kappa shape index (κ1) is 14.3. The molecule has 21 heavy (non-hydrogen) atoms. The summed E-state index contributed by atoms with van der Waals surface area (Å²) in [6.07, 6.45) is 3.56. The highest BCUT2D eigenvalue weighted by Gasteiger charge is 2.27. The van der Waals surface area contributed by atoms with Gasteiger partial charge in [0.25, 0.3) is 0 Å². The summed E-state index contributed by atoms with van der Waals surface area (Å²) >= 11 is 1.79. The van der Waals surface area contributed by atoms with Crippen molar-refractivity contribution in [2.75, 3.05) is 23.8 Å². The maximum Gasteiger partial charge on any atom is 0.136 e. The number of aromatic nitrogens is 2. The van der Waals surface area contributed by atoms with Gasteiger partial charge < -0.3 is 10.2 Å². The topological polar surface area (TPSA) is 41.0 Å². The third-order valence-corrected chi connectivity index (χ3v) is 4.45. The van der Waals surface area contributed by atoms with Gasteiger partial charge in [0.15, 0.2) is 0 Å². The molecule has 112 valence electrons. The lowest BCUT2D eigenvalue weighted by molar-refractivity contribution is 0.857. The van der Waals surface area contributed by atoms with Crippen molar-refractivity contribution in [2.24, 2.45) is 0 Å². The third kappa shape index (κ3) is 3.73. The molecule has 2 aromatic heterocycles. The molecule has 1 aliphatic rings. The van der Waals surface area contributed by atoms with Crippen molar-refractivity contribution in [3.8, 4) is 0 Å². The highest BCUT2D eigenvalue weighted by molar-refractivity contribution is 7.09. The van der Waals surface area contributed by atoms with Crippen molar-refractivity contribution in [1.82, 2.24) is 9.97 Å². The fourth-order valence-corrected chi connectivity index (χ4v) is 2.99. The van der Waals surface area contributed by atoms with Crippen molar-refractivity contribution in [2.45, 2.75) is 38.6 Å². The second kappa shape index (κ2) is 6.43. The number of hydrogen-bond acceptors (Lipinski definition) is 5. The molecule has 4 nitrogen and oxygen atoms in total. The summed E-state index contributed by atoms with van der Waals surface area (Å²) in [6, 6.07) is 6.33. The largest absolute Gasteiger partial charge is 0.370 e. The minimum Gasteiger partial charge on any atom is -0.370 e. The van der Waals surface area contributed by atoms with Crippen LogP contribution in [0.25, 0.3) is 0 Å². The maximum absolute atomic E-state index is 4.76. The first-order valence-electron chi connectivity index (χ1n) is 7.62. The first-order chi connectivity index (χ1) is 10.3. The van der Waals surface area contributed by atoms with Crippen molar-refractivity contribution in [3.05, 3.63) is 34.3 Å². The molecule has 0 bridgehead atoms. The summed E-state index contributed by atoms with van der Waals surface area (Å²) in [5.74, 6) is 3.55. The second-order valence-corrected chi connectivity index (χ2v) is 6.64. The summed E-state index contributed by atoms with van der Waals surface area (Å²) in [6.45, 7) is 4.01. The average molecular weight is 302 g/mol. The van der Waals surface area contributed by atoms with Crippen LogP contribution in [0.15, 0.2) is 23.6 Å². The van der Waals surface area contributed by atoms with E-state index in [2.05, 4.69) is 52.8 Å².